The van der Waals surface area contributed by atoms with Crippen LogP contribution in [0.25, 0.3) is 0 Å². The maximum atomic E-state index is 13.6. The molecule has 2 fully saturated rings. The number of amides is 4. The minimum absolute atomic E-state index is 0.0382. The number of aromatic nitrogens is 6. The number of pyridine rings is 2. The van der Waals surface area contributed by atoms with Crippen LogP contribution in [0, 0.1) is 11.8 Å². The van der Waals surface area contributed by atoms with Gasteiger partial charge in [-0.2, -0.15) is 10.2 Å². The van der Waals surface area contributed by atoms with Gasteiger partial charge in [0.2, 0.25) is 0 Å². The molecule has 306 valence electrons. The average molecular weight is 827 g/mol. The number of nitrogens with zero attached hydrogens (tertiary/aromatic N) is 8. The number of nitrogens with one attached hydrogen (secondary N) is 2. The summed E-state index contributed by atoms with van der Waals surface area (Å²) in [5, 5.41) is 27.1. The van der Waals surface area contributed by atoms with E-state index in [1.54, 1.807) is 33.9 Å². The number of carbonyl (C=O) groups is 2. The molecule has 18 heteroatoms. The lowest BCUT2D eigenvalue weighted by molar-refractivity contribution is 0.259. The van der Waals surface area contributed by atoms with Crippen LogP contribution < -0.4 is 20.9 Å². The first-order valence-electron chi connectivity index (χ1n) is 20.5. The fourth-order valence-electron chi connectivity index (χ4n) is 10.5. The van der Waals surface area contributed by atoms with Gasteiger partial charge in [0.15, 0.2) is 29.9 Å². The summed E-state index contributed by atoms with van der Waals surface area (Å²) < 4.78 is 38.1. The predicted octanol–water partition coefficient (Wildman–Crippen LogP) is 5.98. The third kappa shape index (κ3) is 6.03. The quantitative estimate of drug-likeness (QED) is 0.173. The van der Waals surface area contributed by atoms with Gasteiger partial charge in [0.25, 0.3) is 0 Å². The van der Waals surface area contributed by atoms with E-state index in [1.807, 2.05) is 27.7 Å². The van der Waals surface area contributed by atoms with Gasteiger partial charge in [0.1, 0.15) is 0 Å². The molecule has 0 aromatic carbocycles. The lowest BCUT2D eigenvalue weighted by Gasteiger charge is -2.18. The van der Waals surface area contributed by atoms with Crippen molar-refractivity contribution >= 4 is 43.3 Å². The molecule has 5 atom stereocenters. The van der Waals surface area contributed by atoms with Crippen molar-refractivity contribution in [3.63, 3.8) is 0 Å². The number of fused-ring (bicyclic) bond motifs is 6. The lowest BCUT2D eigenvalue weighted by atomic mass is 9.90. The Morgan fingerprint density at radius 1 is 0.741 bits per heavy atom. The molecule has 6 aliphatic carbocycles. The Labute approximate surface area is 338 Å². The Balaban J connectivity index is 0.931. The van der Waals surface area contributed by atoms with Crippen molar-refractivity contribution in [2.24, 2.45) is 30.8 Å². The molecular weight excluding hydrogens is 777 g/mol. The fourth-order valence-corrected chi connectivity index (χ4v) is 12.2. The Morgan fingerprint density at radius 2 is 1.31 bits per heavy atom. The monoisotopic (exact) mass is 826 g/mol. The SMILES string of the molecule is CC(C)n1ccc(S(N)(=O)=NC(=O)Nc2c3c(nc4c2CCC42CC2)CC(C2CC24CCc2c4nc4c(c2NC(=O)N=S(N)(=O)c2ccn(C(C)C)n2)CCC4)C3)n1. The number of aryl methyl sites for hydroxylation is 1. The first-order chi connectivity index (χ1) is 27.6. The van der Waals surface area contributed by atoms with Crippen LogP contribution in [-0.2, 0) is 69.2 Å². The average Bonchev–Trinajstić information content (AvgIpc) is 3.64. The molecule has 0 radical (unpaired) electrons. The van der Waals surface area contributed by atoms with Gasteiger partial charge < -0.3 is 10.6 Å². The smallest absolute Gasteiger partial charge is 0.305 e. The Morgan fingerprint density at radius 3 is 1.90 bits per heavy atom. The summed E-state index contributed by atoms with van der Waals surface area (Å²) in [5.74, 6) is 0.631. The third-order valence-electron chi connectivity index (χ3n) is 13.7. The molecule has 2 spiro atoms. The molecule has 4 aromatic rings. The number of urea groups is 2. The Kier molecular flexibility index (Phi) is 8.45. The minimum atomic E-state index is -3.58. The van der Waals surface area contributed by atoms with Gasteiger partial charge in [-0.3, -0.25) is 19.3 Å². The summed E-state index contributed by atoms with van der Waals surface area (Å²) in [6, 6.07) is 1.67. The van der Waals surface area contributed by atoms with Crippen LogP contribution in [-0.4, -0.2) is 50.0 Å². The Bertz CT molecular complexity index is 2710. The van der Waals surface area contributed by atoms with E-state index in [0.29, 0.717) is 5.92 Å². The van der Waals surface area contributed by atoms with Crippen LogP contribution >= 0.6 is 0 Å². The zero-order valence-corrected chi connectivity index (χ0v) is 34.9. The molecular formula is C40H50N12O4S2. The molecule has 0 saturated heterocycles. The van der Waals surface area contributed by atoms with E-state index in [0.717, 1.165) is 133 Å². The van der Waals surface area contributed by atoms with E-state index in [-0.39, 0.29) is 38.9 Å². The predicted molar refractivity (Wildman–Crippen MR) is 218 cm³/mol. The number of rotatable bonds is 7. The summed E-state index contributed by atoms with van der Waals surface area (Å²) in [6.45, 7) is 7.79. The number of anilines is 2. The van der Waals surface area contributed by atoms with E-state index in [4.69, 9.17) is 20.2 Å². The number of nitrogens with two attached hydrogens (primary N) is 2. The molecule has 10 rings (SSSR count). The third-order valence-corrected chi connectivity index (χ3v) is 16.2. The second kappa shape index (κ2) is 13.0. The summed E-state index contributed by atoms with van der Waals surface area (Å²) >= 11 is 0. The maximum Gasteiger partial charge on any atom is 0.354 e. The van der Waals surface area contributed by atoms with Crippen molar-refractivity contribution in [2.45, 2.75) is 138 Å². The molecule has 2 saturated carbocycles. The van der Waals surface area contributed by atoms with Crippen molar-refractivity contribution in [3.8, 4) is 0 Å². The summed E-state index contributed by atoms with van der Waals surface area (Å²) in [7, 11) is -7.14. The summed E-state index contributed by atoms with van der Waals surface area (Å²) in [5.41, 5.74) is 9.86. The number of hydrogen-bond donors (Lipinski definition) is 4. The van der Waals surface area contributed by atoms with Gasteiger partial charge >= 0.3 is 12.1 Å². The largest absolute Gasteiger partial charge is 0.354 e. The van der Waals surface area contributed by atoms with Crippen molar-refractivity contribution in [1.29, 1.82) is 0 Å². The molecule has 16 nitrogen and oxygen atoms in total. The van der Waals surface area contributed by atoms with Crippen molar-refractivity contribution in [1.82, 2.24) is 29.5 Å². The van der Waals surface area contributed by atoms with Crippen LogP contribution in [0.15, 0.2) is 43.3 Å². The standard InChI is InChI=1S/C40H50N12O4S2/c1-21(2)51-16-10-31(47-51)57(41,55)49-37(53)45-33-24-6-5-7-29(24)43-36-26(33)9-13-40(36)20-28(40)23-18-27-30(19-23)44-35-25(8-12-39(35)14-15-39)34(27)46-38(54)50-58(42,56)32-11-17-52(48-32)22(3)4/h10-11,16-17,21-23,28H,5-9,12-15,18-20H2,1-4H3,(H3,41,43,45,49,53,55)(H3,42,44,46,50,54,56). The van der Waals surface area contributed by atoms with Gasteiger partial charge in [-0.05, 0) is 151 Å². The van der Waals surface area contributed by atoms with Crippen LogP contribution in [0.3, 0.4) is 0 Å². The summed E-state index contributed by atoms with van der Waals surface area (Å²) in [4.78, 5) is 37.7. The molecule has 0 bridgehead atoms. The zero-order valence-electron chi connectivity index (χ0n) is 33.3. The number of hydrogen-bond acceptors (Lipinski definition) is 8. The minimum Gasteiger partial charge on any atom is -0.305 e. The van der Waals surface area contributed by atoms with Crippen LogP contribution in [0.2, 0.25) is 0 Å². The van der Waals surface area contributed by atoms with Crippen molar-refractivity contribution < 1.29 is 18.0 Å². The van der Waals surface area contributed by atoms with Gasteiger partial charge in [-0.25, -0.2) is 28.3 Å². The Hall–Kier alpha value is -4.52. The van der Waals surface area contributed by atoms with Gasteiger partial charge in [0.05, 0.1) is 22.8 Å². The fraction of sp³-hybridized carbons (Fsp3) is 0.550. The first-order valence-corrected chi connectivity index (χ1v) is 23.7. The van der Waals surface area contributed by atoms with E-state index >= 15 is 0 Å². The van der Waals surface area contributed by atoms with E-state index in [1.165, 1.54) is 0 Å². The number of carbonyl (C=O) groups excluding carboxylic acids is 2. The second-order valence-corrected chi connectivity index (χ2v) is 21.4. The van der Waals surface area contributed by atoms with Gasteiger partial charge in [0, 0.05) is 46.7 Å². The van der Waals surface area contributed by atoms with Crippen molar-refractivity contribution in [2.75, 3.05) is 10.6 Å². The first kappa shape index (κ1) is 37.7. The van der Waals surface area contributed by atoms with Gasteiger partial charge in [-0.15, -0.1) is 8.73 Å². The zero-order chi connectivity index (χ0) is 40.5. The molecule has 4 aromatic heterocycles. The highest BCUT2D eigenvalue weighted by Gasteiger charge is 2.63. The molecule has 6 N–H and O–H groups in total. The molecule has 4 amide bonds. The van der Waals surface area contributed by atoms with E-state index in [2.05, 4.69) is 29.6 Å². The highest BCUT2D eigenvalue weighted by molar-refractivity contribution is 7.92. The molecule has 0 aliphatic heterocycles. The molecule has 58 heavy (non-hydrogen) atoms. The summed E-state index contributed by atoms with van der Waals surface area (Å²) in [6.07, 6.45) is 14.2. The maximum absolute atomic E-state index is 13.6. The van der Waals surface area contributed by atoms with E-state index in [9.17, 15) is 18.0 Å². The van der Waals surface area contributed by atoms with Crippen LogP contribution in [0.1, 0.15) is 123 Å². The van der Waals surface area contributed by atoms with Gasteiger partial charge in [-0.1, -0.05) is 0 Å². The molecule has 4 heterocycles. The highest BCUT2D eigenvalue weighted by Crippen LogP contribution is 2.67. The van der Waals surface area contributed by atoms with Crippen LogP contribution in [0.5, 0.6) is 0 Å². The lowest BCUT2D eigenvalue weighted by Crippen LogP contribution is -2.20. The second-order valence-electron chi connectivity index (χ2n) is 17.9. The highest BCUT2D eigenvalue weighted by atomic mass is 32.2. The van der Waals surface area contributed by atoms with Crippen molar-refractivity contribution in [3.05, 3.63) is 69.6 Å². The normalized spacial score (nSPS) is 25.0. The molecule has 6 aliphatic rings. The molecule has 5 unspecified atom stereocenters. The van der Waals surface area contributed by atoms with Crippen LogP contribution in [0.4, 0.5) is 21.0 Å². The topological polar surface area (TPSA) is 231 Å². The van der Waals surface area contributed by atoms with E-state index < -0.39 is 31.9 Å².